The summed E-state index contributed by atoms with van der Waals surface area (Å²) in [6.07, 6.45) is 1.37. The van der Waals surface area contributed by atoms with Gasteiger partial charge in [-0.2, -0.15) is 5.10 Å². The van der Waals surface area contributed by atoms with E-state index in [1.807, 2.05) is 13.8 Å². The molecule has 1 unspecified atom stereocenters. The number of halogens is 1. The minimum atomic E-state index is -0.791. The Balaban J connectivity index is 1.60. The highest BCUT2D eigenvalue weighted by atomic mass is 35.5. The number of hydrogen-bond donors (Lipinski definition) is 2. The maximum atomic E-state index is 12.6. The molecule has 0 aliphatic carbocycles. The van der Waals surface area contributed by atoms with E-state index in [1.165, 1.54) is 6.21 Å². The van der Waals surface area contributed by atoms with Gasteiger partial charge in [0.1, 0.15) is 17.6 Å². The van der Waals surface area contributed by atoms with Gasteiger partial charge in [0.05, 0.1) is 18.4 Å². The molecule has 35 heavy (non-hydrogen) atoms. The van der Waals surface area contributed by atoms with Crippen LogP contribution in [0.25, 0.3) is 11.3 Å². The van der Waals surface area contributed by atoms with Crippen LogP contribution in [0.1, 0.15) is 47.2 Å². The van der Waals surface area contributed by atoms with E-state index in [4.69, 9.17) is 20.8 Å². The topological polar surface area (TPSA) is 110 Å². The molecule has 8 nitrogen and oxygen atoms in total. The molecule has 0 saturated carbocycles. The molecular weight excluding hydrogens is 470 g/mol. The molecule has 9 heteroatoms. The zero-order chi connectivity index (χ0) is 25.4. The Morgan fingerprint density at radius 2 is 1.66 bits per heavy atom. The Kier molecular flexibility index (Phi) is 8.80. The number of carbonyl (C=O) groups is 3. The second-order valence-corrected chi connectivity index (χ2v) is 8.37. The van der Waals surface area contributed by atoms with Crippen molar-refractivity contribution in [1.82, 2.24) is 10.7 Å². The van der Waals surface area contributed by atoms with Gasteiger partial charge in [0.15, 0.2) is 0 Å². The van der Waals surface area contributed by atoms with Gasteiger partial charge in [-0.05, 0) is 61.4 Å². The number of rotatable bonds is 9. The van der Waals surface area contributed by atoms with E-state index in [-0.39, 0.29) is 17.8 Å². The van der Waals surface area contributed by atoms with Crippen molar-refractivity contribution < 1.29 is 23.5 Å². The molecule has 3 rings (SSSR count). The van der Waals surface area contributed by atoms with Gasteiger partial charge < -0.3 is 14.5 Å². The molecule has 1 aromatic heterocycles. The number of benzene rings is 2. The van der Waals surface area contributed by atoms with Crippen LogP contribution in [0, 0.1) is 5.92 Å². The number of hydrazone groups is 1. The third-order valence-corrected chi connectivity index (χ3v) is 5.27. The van der Waals surface area contributed by atoms with Gasteiger partial charge in [-0.3, -0.25) is 9.59 Å². The maximum absolute atomic E-state index is 12.6. The zero-order valence-electron chi connectivity index (χ0n) is 19.6. The molecule has 2 N–H and O–H groups in total. The number of ether oxygens (including phenoxy) is 1. The molecule has 0 aliphatic rings. The number of carbonyl (C=O) groups excluding carboxylic acids is 3. The molecule has 0 fully saturated rings. The standard InChI is InChI=1S/C26H26ClN3O5/c1-4-34-26(33)19-7-5-17(6-8-19)22-14-13-21(35-22)15-28-30-25(32)23(16(2)3)29-24(31)18-9-11-20(27)12-10-18/h5-16,23H,4H2,1-3H3,(H,29,31)(H,30,32). The zero-order valence-corrected chi connectivity index (χ0v) is 20.3. The van der Waals surface area contributed by atoms with Gasteiger partial charge in [-0.1, -0.05) is 37.6 Å². The maximum Gasteiger partial charge on any atom is 0.338 e. The van der Waals surface area contributed by atoms with Crippen LogP contribution in [-0.2, 0) is 9.53 Å². The molecule has 182 valence electrons. The van der Waals surface area contributed by atoms with Crippen molar-refractivity contribution in [2.24, 2.45) is 11.0 Å². The molecule has 1 atom stereocenters. The first kappa shape index (κ1) is 25.7. The number of nitrogens with one attached hydrogen (secondary N) is 2. The first-order valence-electron chi connectivity index (χ1n) is 11.0. The molecule has 0 spiro atoms. The van der Waals surface area contributed by atoms with Crippen molar-refractivity contribution in [3.05, 3.63) is 82.6 Å². The number of furan rings is 1. The molecule has 3 aromatic rings. The summed E-state index contributed by atoms with van der Waals surface area (Å²) in [5.74, 6) is -0.408. The van der Waals surface area contributed by atoms with Crippen LogP contribution in [0.5, 0.6) is 0 Å². The van der Waals surface area contributed by atoms with Gasteiger partial charge in [0, 0.05) is 16.1 Å². The largest absolute Gasteiger partial charge is 0.462 e. The highest BCUT2D eigenvalue weighted by molar-refractivity contribution is 6.30. The lowest BCUT2D eigenvalue weighted by Gasteiger charge is -2.20. The quantitative estimate of drug-likeness (QED) is 0.254. The molecule has 0 radical (unpaired) electrons. The van der Waals surface area contributed by atoms with E-state index in [1.54, 1.807) is 67.6 Å². The third-order valence-electron chi connectivity index (χ3n) is 5.02. The fourth-order valence-electron chi connectivity index (χ4n) is 3.15. The smallest absolute Gasteiger partial charge is 0.338 e. The van der Waals surface area contributed by atoms with Crippen LogP contribution in [0.4, 0.5) is 0 Å². The predicted molar refractivity (Wildman–Crippen MR) is 133 cm³/mol. The van der Waals surface area contributed by atoms with E-state index in [0.717, 1.165) is 5.56 Å². The van der Waals surface area contributed by atoms with Gasteiger partial charge in [-0.15, -0.1) is 0 Å². The molecule has 2 aromatic carbocycles. The van der Waals surface area contributed by atoms with Crippen LogP contribution in [-0.4, -0.2) is 36.6 Å². The fourth-order valence-corrected chi connectivity index (χ4v) is 3.28. The van der Waals surface area contributed by atoms with Gasteiger partial charge in [0.2, 0.25) is 0 Å². The van der Waals surface area contributed by atoms with Crippen molar-refractivity contribution in [1.29, 1.82) is 0 Å². The minimum Gasteiger partial charge on any atom is -0.462 e. The van der Waals surface area contributed by atoms with Crippen LogP contribution < -0.4 is 10.7 Å². The summed E-state index contributed by atoms with van der Waals surface area (Å²) in [6, 6.07) is 15.9. The molecular formula is C26H26ClN3O5. The molecule has 2 amide bonds. The van der Waals surface area contributed by atoms with E-state index in [2.05, 4.69) is 15.8 Å². The SMILES string of the molecule is CCOC(=O)c1ccc(-c2ccc(C=NNC(=O)C(NC(=O)c3ccc(Cl)cc3)C(C)C)o2)cc1. The normalized spacial score (nSPS) is 11.9. The third kappa shape index (κ3) is 7.04. The summed E-state index contributed by atoms with van der Waals surface area (Å²) in [7, 11) is 0. The monoisotopic (exact) mass is 495 g/mol. The van der Waals surface area contributed by atoms with Crippen LogP contribution in [0.3, 0.4) is 0 Å². The highest BCUT2D eigenvalue weighted by Crippen LogP contribution is 2.22. The summed E-state index contributed by atoms with van der Waals surface area (Å²) in [5.41, 5.74) is 4.06. The number of nitrogens with zero attached hydrogens (tertiary/aromatic N) is 1. The molecule has 0 bridgehead atoms. The Morgan fingerprint density at radius 1 is 1.00 bits per heavy atom. The second kappa shape index (κ2) is 12.0. The van der Waals surface area contributed by atoms with E-state index < -0.39 is 11.9 Å². The van der Waals surface area contributed by atoms with E-state index >= 15 is 0 Å². The molecule has 0 aliphatic heterocycles. The van der Waals surface area contributed by atoms with Gasteiger partial charge >= 0.3 is 5.97 Å². The number of amides is 2. The summed E-state index contributed by atoms with van der Waals surface area (Å²) < 4.78 is 10.7. The predicted octanol–water partition coefficient (Wildman–Crippen LogP) is 4.68. The lowest BCUT2D eigenvalue weighted by atomic mass is 10.0. The molecule has 1 heterocycles. The fraction of sp³-hybridized carbons (Fsp3) is 0.231. The average Bonchev–Trinajstić information content (AvgIpc) is 3.31. The summed E-state index contributed by atoms with van der Waals surface area (Å²) >= 11 is 5.86. The average molecular weight is 496 g/mol. The van der Waals surface area contributed by atoms with Gasteiger partial charge in [0.25, 0.3) is 11.8 Å². The minimum absolute atomic E-state index is 0.172. The summed E-state index contributed by atoms with van der Waals surface area (Å²) in [5, 5.41) is 7.19. The second-order valence-electron chi connectivity index (χ2n) is 7.94. The van der Waals surface area contributed by atoms with Crippen molar-refractivity contribution in [2.75, 3.05) is 6.61 Å². The molecule has 0 saturated heterocycles. The lowest BCUT2D eigenvalue weighted by Crippen LogP contribution is -2.48. The Bertz CT molecular complexity index is 1200. The van der Waals surface area contributed by atoms with E-state index in [0.29, 0.717) is 34.3 Å². The Labute approximate surface area is 208 Å². The van der Waals surface area contributed by atoms with Crippen molar-refractivity contribution in [2.45, 2.75) is 26.8 Å². The van der Waals surface area contributed by atoms with Crippen LogP contribution in [0.2, 0.25) is 5.02 Å². The lowest BCUT2D eigenvalue weighted by molar-refractivity contribution is -0.123. The summed E-state index contributed by atoms with van der Waals surface area (Å²) in [6.45, 7) is 5.70. The Morgan fingerprint density at radius 3 is 2.29 bits per heavy atom. The highest BCUT2D eigenvalue weighted by Gasteiger charge is 2.24. The van der Waals surface area contributed by atoms with Crippen LogP contribution >= 0.6 is 11.6 Å². The van der Waals surface area contributed by atoms with Crippen molar-refractivity contribution >= 4 is 35.6 Å². The first-order chi connectivity index (χ1) is 16.8. The van der Waals surface area contributed by atoms with Crippen molar-refractivity contribution in [3.63, 3.8) is 0 Å². The van der Waals surface area contributed by atoms with Crippen LogP contribution in [0.15, 0.2) is 70.2 Å². The van der Waals surface area contributed by atoms with Gasteiger partial charge in [-0.25, -0.2) is 10.2 Å². The Hall–Kier alpha value is -3.91. The van der Waals surface area contributed by atoms with Crippen molar-refractivity contribution in [3.8, 4) is 11.3 Å². The summed E-state index contributed by atoms with van der Waals surface area (Å²) in [4.78, 5) is 36.9. The first-order valence-corrected chi connectivity index (χ1v) is 11.4. The number of esters is 1. The number of hydrogen-bond acceptors (Lipinski definition) is 6. The van der Waals surface area contributed by atoms with E-state index in [9.17, 15) is 14.4 Å².